The molecule has 1 radical (unpaired) electrons. The largest absolute Gasteiger partial charge is 0.237 e. The van der Waals surface area contributed by atoms with Gasteiger partial charge in [-0.25, -0.2) is 5.11 Å². The highest BCUT2D eigenvalue weighted by molar-refractivity contribution is 4.80. The molecule has 0 amide bonds. The third-order valence-corrected chi connectivity index (χ3v) is 3.14. The normalized spacial score (nSPS) is 11.4. The summed E-state index contributed by atoms with van der Waals surface area (Å²) >= 11 is 0. The Balaban J connectivity index is 2.94. The third kappa shape index (κ3) is 15.7. The molecule has 1 nitrogen and oxygen atoms in total. The van der Waals surface area contributed by atoms with Crippen LogP contribution in [0.4, 0.5) is 0 Å². The van der Waals surface area contributed by atoms with E-state index in [1.54, 1.807) is 0 Å². The van der Waals surface area contributed by atoms with E-state index in [4.69, 9.17) is 0 Å². The Morgan fingerprint density at radius 3 is 1.65 bits per heavy atom. The predicted octanol–water partition coefficient (Wildman–Crippen LogP) is 5.67. The summed E-state index contributed by atoms with van der Waals surface area (Å²) in [4.78, 5) is 0. The van der Waals surface area contributed by atoms with Gasteiger partial charge in [-0.2, -0.15) is 0 Å². The molecule has 0 heterocycles. The topological polar surface area (TPSA) is 19.9 Å². The Kier molecular flexibility index (Phi) is 15.4. The average molecular weight is 239 g/mol. The van der Waals surface area contributed by atoms with Crippen LogP contribution in [0.3, 0.4) is 0 Å². The molecule has 0 saturated heterocycles. The highest BCUT2D eigenvalue weighted by Gasteiger charge is 1.92. The molecule has 0 aliphatic heterocycles. The van der Waals surface area contributed by atoms with Gasteiger partial charge in [-0.05, 0) is 25.7 Å². The van der Waals surface area contributed by atoms with Gasteiger partial charge in [0.1, 0.15) is 0 Å². The number of hydrogen-bond donors (Lipinski definition) is 0. The van der Waals surface area contributed by atoms with Crippen LogP contribution in [0.2, 0.25) is 0 Å². The van der Waals surface area contributed by atoms with Crippen molar-refractivity contribution in [2.24, 2.45) is 0 Å². The third-order valence-electron chi connectivity index (χ3n) is 3.14. The van der Waals surface area contributed by atoms with E-state index < -0.39 is 0 Å². The summed E-state index contributed by atoms with van der Waals surface area (Å²) in [5.74, 6) is 0. The first-order valence-corrected chi connectivity index (χ1v) is 7.65. The number of allylic oxidation sites excluding steroid dienone is 2. The molecule has 17 heavy (non-hydrogen) atoms. The van der Waals surface area contributed by atoms with Crippen molar-refractivity contribution in [2.45, 2.75) is 84.0 Å². The van der Waals surface area contributed by atoms with Crippen molar-refractivity contribution in [1.82, 2.24) is 0 Å². The zero-order chi connectivity index (χ0) is 12.6. The minimum Gasteiger partial charge on any atom is -0.237 e. The van der Waals surface area contributed by atoms with Gasteiger partial charge in [0, 0.05) is 0 Å². The minimum absolute atomic E-state index is 0.117. The van der Waals surface area contributed by atoms with Crippen LogP contribution < -0.4 is 0 Å². The first-order chi connectivity index (χ1) is 8.41. The van der Waals surface area contributed by atoms with Gasteiger partial charge in [0.25, 0.3) is 0 Å². The molecule has 0 aromatic rings. The molecule has 0 fully saturated rings. The SMILES string of the molecule is CCCC=CCCCCCCCCCCC[O]. The zero-order valence-electron chi connectivity index (χ0n) is 11.8. The van der Waals surface area contributed by atoms with E-state index in [-0.39, 0.29) is 6.61 Å². The molecule has 0 saturated carbocycles. The smallest absolute Gasteiger partial charge is 0.0822 e. The Labute approximate surface area is 108 Å². The van der Waals surface area contributed by atoms with E-state index in [1.807, 2.05) is 0 Å². The van der Waals surface area contributed by atoms with Gasteiger partial charge < -0.3 is 0 Å². The van der Waals surface area contributed by atoms with Crippen molar-refractivity contribution in [3.63, 3.8) is 0 Å². The van der Waals surface area contributed by atoms with Gasteiger partial charge in [-0.15, -0.1) is 0 Å². The molecule has 0 N–H and O–H groups in total. The molecule has 0 spiro atoms. The van der Waals surface area contributed by atoms with Gasteiger partial charge in [0.2, 0.25) is 0 Å². The van der Waals surface area contributed by atoms with Gasteiger partial charge in [-0.1, -0.05) is 70.4 Å². The molecule has 0 bridgehead atoms. The fraction of sp³-hybridized carbons (Fsp3) is 0.875. The lowest BCUT2D eigenvalue weighted by molar-refractivity contribution is 0.186. The summed E-state index contributed by atoms with van der Waals surface area (Å²) in [6, 6.07) is 0. The number of hydrogen-bond acceptors (Lipinski definition) is 0. The van der Waals surface area contributed by atoms with Crippen LogP contribution in [-0.2, 0) is 5.11 Å². The van der Waals surface area contributed by atoms with Crippen molar-refractivity contribution in [2.75, 3.05) is 6.61 Å². The van der Waals surface area contributed by atoms with E-state index in [2.05, 4.69) is 19.1 Å². The minimum atomic E-state index is 0.117. The lowest BCUT2D eigenvalue weighted by Crippen LogP contribution is -1.83. The van der Waals surface area contributed by atoms with E-state index in [9.17, 15) is 5.11 Å². The first kappa shape index (κ1) is 16.7. The molecule has 0 aromatic heterocycles. The van der Waals surface area contributed by atoms with Gasteiger partial charge >= 0.3 is 0 Å². The number of rotatable bonds is 13. The molecular formula is C16H31O. The van der Waals surface area contributed by atoms with Gasteiger partial charge in [0.15, 0.2) is 0 Å². The molecule has 0 rings (SSSR count). The van der Waals surface area contributed by atoms with Crippen LogP contribution >= 0.6 is 0 Å². The van der Waals surface area contributed by atoms with Gasteiger partial charge in [0.05, 0.1) is 6.61 Å². The van der Waals surface area contributed by atoms with Crippen molar-refractivity contribution < 1.29 is 5.11 Å². The lowest BCUT2D eigenvalue weighted by Gasteiger charge is -2.00. The fourth-order valence-electron chi connectivity index (χ4n) is 2.00. The molecule has 1 heteroatoms. The maximum absolute atomic E-state index is 10.2. The molecule has 0 atom stereocenters. The van der Waals surface area contributed by atoms with Crippen molar-refractivity contribution in [1.29, 1.82) is 0 Å². The summed E-state index contributed by atoms with van der Waals surface area (Å²) in [6.07, 6.45) is 19.9. The highest BCUT2D eigenvalue weighted by atomic mass is 16.2. The quantitative estimate of drug-likeness (QED) is 0.291. The van der Waals surface area contributed by atoms with Crippen molar-refractivity contribution in [3.05, 3.63) is 12.2 Å². The summed E-state index contributed by atoms with van der Waals surface area (Å²) in [5.41, 5.74) is 0. The number of unbranched alkanes of at least 4 members (excludes halogenated alkanes) is 10. The highest BCUT2D eigenvalue weighted by Crippen LogP contribution is 2.10. The second kappa shape index (κ2) is 15.7. The maximum atomic E-state index is 10.2. The second-order valence-electron chi connectivity index (χ2n) is 4.93. The monoisotopic (exact) mass is 239 g/mol. The fourth-order valence-corrected chi connectivity index (χ4v) is 2.00. The molecule has 0 aromatic carbocycles. The average Bonchev–Trinajstić information content (AvgIpc) is 2.35. The van der Waals surface area contributed by atoms with E-state index in [0.717, 1.165) is 12.8 Å². The molecule has 0 unspecified atom stereocenters. The zero-order valence-corrected chi connectivity index (χ0v) is 11.8. The van der Waals surface area contributed by atoms with Crippen molar-refractivity contribution >= 4 is 0 Å². The summed E-state index contributed by atoms with van der Waals surface area (Å²) in [6.45, 7) is 2.34. The molecule has 101 valence electrons. The Hall–Kier alpha value is -0.300. The van der Waals surface area contributed by atoms with Crippen LogP contribution in [-0.4, -0.2) is 6.61 Å². The van der Waals surface area contributed by atoms with Crippen LogP contribution in [0.1, 0.15) is 84.0 Å². The summed E-state index contributed by atoms with van der Waals surface area (Å²) in [7, 11) is 0. The van der Waals surface area contributed by atoms with Gasteiger partial charge in [-0.3, -0.25) is 0 Å². The van der Waals surface area contributed by atoms with E-state index in [1.165, 1.54) is 64.2 Å². The Morgan fingerprint density at radius 1 is 0.647 bits per heavy atom. The lowest BCUT2D eigenvalue weighted by atomic mass is 10.1. The Bertz CT molecular complexity index is 152. The molecule has 0 aliphatic carbocycles. The van der Waals surface area contributed by atoms with Crippen LogP contribution in [0.25, 0.3) is 0 Å². The predicted molar refractivity (Wildman–Crippen MR) is 75.8 cm³/mol. The Morgan fingerprint density at radius 2 is 1.12 bits per heavy atom. The maximum Gasteiger partial charge on any atom is 0.0822 e. The molecular weight excluding hydrogens is 208 g/mol. The van der Waals surface area contributed by atoms with Crippen LogP contribution in [0.5, 0.6) is 0 Å². The van der Waals surface area contributed by atoms with Crippen molar-refractivity contribution in [3.8, 4) is 0 Å². The van der Waals surface area contributed by atoms with Crippen LogP contribution in [0.15, 0.2) is 12.2 Å². The molecule has 0 aliphatic rings. The first-order valence-electron chi connectivity index (χ1n) is 7.65. The van der Waals surface area contributed by atoms with Crippen LogP contribution in [0, 0.1) is 0 Å². The summed E-state index contributed by atoms with van der Waals surface area (Å²) in [5, 5.41) is 10.2. The summed E-state index contributed by atoms with van der Waals surface area (Å²) < 4.78 is 0. The standard InChI is InChI=1S/C16H31O/c1-2-3-4-5-6-7-8-9-10-11-12-13-14-15-16-17/h4-5H,2-3,6-16H2,1H3. The van der Waals surface area contributed by atoms with E-state index in [0.29, 0.717) is 0 Å². The van der Waals surface area contributed by atoms with E-state index >= 15 is 0 Å². The second-order valence-corrected chi connectivity index (χ2v) is 4.93.